The first-order valence-corrected chi connectivity index (χ1v) is 9.16. The normalized spacial score (nSPS) is 11.0. The van der Waals surface area contributed by atoms with Gasteiger partial charge in [-0.3, -0.25) is 4.79 Å². The highest BCUT2D eigenvalue weighted by atomic mass is 16.6. The predicted molar refractivity (Wildman–Crippen MR) is 112 cm³/mol. The van der Waals surface area contributed by atoms with E-state index in [0.717, 1.165) is 5.56 Å². The Labute approximate surface area is 176 Å². The highest BCUT2D eigenvalue weighted by Gasteiger charge is 2.25. The molecule has 0 saturated carbocycles. The molecule has 0 radical (unpaired) electrons. The number of carbonyl (C=O) groups excluding carboxylic acids is 1. The lowest BCUT2D eigenvalue weighted by Crippen LogP contribution is -2.19. The third kappa shape index (κ3) is 3.96. The van der Waals surface area contributed by atoms with Crippen LogP contribution >= 0.6 is 0 Å². The lowest BCUT2D eigenvalue weighted by Gasteiger charge is -2.06. The third-order valence-electron chi connectivity index (χ3n) is 4.42. The second-order valence-electron chi connectivity index (χ2n) is 6.48. The quantitative estimate of drug-likeness (QED) is 0.357. The maximum Gasteiger partial charge on any atom is 0.294 e. The van der Waals surface area contributed by atoms with E-state index in [9.17, 15) is 4.79 Å². The molecule has 0 saturated heterocycles. The number of hydrogen-bond donors (Lipinski definition) is 2. The van der Waals surface area contributed by atoms with Crippen LogP contribution < -0.4 is 15.9 Å². The Morgan fingerprint density at radius 1 is 1.19 bits per heavy atom. The van der Waals surface area contributed by atoms with E-state index in [0.29, 0.717) is 22.6 Å². The molecule has 2 aromatic carbocycles. The monoisotopic (exact) mass is 418 g/mol. The summed E-state index contributed by atoms with van der Waals surface area (Å²) in [7, 11) is 1.56. The molecule has 156 valence electrons. The summed E-state index contributed by atoms with van der Waals surface area (Å²) in [6.45, 7) is 1.96. The van der Waals surface area contributed by atoms with Gasteiger partial charge >= 0.3 is 0 Å². The molecular weight excluding hydrogens is 400 g/mol. The molecule has 0 bridgehead atoms. The van der Waals surface area contributed by atoms with Crippen LogP contribution in [0.15, 0.2) is 58.3 Å². The highest BCUT2D eigenvalue weighted by Crippen LogP contribution is 2.26. The highest BCUT2D eigenvalue weighted by molar-refractivity contribution is 5.99. The second-order valence-corrected chi connectivity index (χ2v) is 6.48. The number of aromatic nitrogens is 5. The number of benzene rings is 2. The number of nitrogen functional groups attached to an aromatic ring is 1. The fourth-order valence-corrected chi connectivity index (χ4v) is 2.88. The van der Waals surface area contributed by atoms with Gasteiger partial charge in [-0.1, -0.05) is 47.2 Å². The van der Waals surface area contributed by atoms with E-state index >= 15 is 0 Å². The number of ether oxygens (including phenoxy) is 1. The van der Waals surface area contributed by atoms with Gasteiger partial charge in [-0.25, -0.2) is 10.1 Å². The van der Waals surface area contributed by atoms with Gasteiger partial charge in [0.1, 0.15) is 11.4 Å². The number of amides is 1. The number of rotatable bonds is 6. The second kappa shape index (κ2) is 8.45. The van der Waals surface area contributed by atoms with E-state index in [4.69, 9.17) is 10.5 Å². The number of hydrogen-bond acceptors (Lipinski definition) is 9. The minimum Gasteiger partial charge on any atom is -0.496 e. The molecule has 2 heterocycles. The number of nitrogens with one attached hydrogen (secondary N) is 1. The van der Waals surface area contributed by atoms with E-state index < -0.39 is 5.91 Å². The zero-order valence-electron chi connectivity index (χ0n) is 16.7. The van der Waals surface area contributed by atoms with Crippen LogP contribution in [0.5, 0.6) is 5.75 Å². The molecular formula is C20H18N8O3. The van der Waals surface area contributed by atoms with E-state index in [2.05, 4.69) is 35.8 Å². The fraction of sp³-hybridized carbons (Fsp3) is 0.100. The summed E-state index contributed by atoms with van der Waals surface area (Å²) in [5.74, 6) is 0.197. The van der Waals surface area contributed by atoms with Crippen molar-refractivity contribution >= 4 is 17.9 Å². The van der Waals surface area contributed by atoms with Gasteiger partial charge in [-0.15, -0.1) is 5.10 Å². The molecule has 3 N–H and O–H groups in total. The van der Waals surface area contributed by atoms with Gasteiger partial charge in [-0.05, 0) is 29.4 Å². The molecule has 2 aromatic heterocycles. The van der Waals surface area contributed by atoms with Gasteiger partial charge in [0.05, 0.1) is 13.3 Å². The van der Waals surface area contributed by atoms with Gasteiger partial charge in [0.15, 0.2) is 5.69 Å². The molecule has 0 aliphatic carbocycles. The average molecular weight is 418 g/mol. The van der Waals surface area contributed by atoms with Crippen molar-refractivity contribution in [3.05, 3.63) is 65.4 Å². The van der Waals surface area contributed by atoms with Crippen LogP contribution in [-0.2, 0) is 0 Å². The number of carbonyl (C=O) groups is 1. The predicted octanol–water partition coefficient (Wildman–Crippen LogP) is 1.98. The summed E-state index contributed by atoms with van der Waals surface area (Å²) in [5, 5.41) is 19.4. The molecule has 0 aliphatic heterocycles. The molecule has 0 unspecified atom stereocenters. The minimum absolute atomic E-state index is 0.0133. The Hall–Kier alpha value is -4.54. The first-order valence-electron chi connectivity index (χ1n) is 9.16. The molecule has 31 heavy (non-hydrogen) atoms. The molecule has 1 amide bonds. The van der Waals surface area contributed by atoms with Crippen molar-refractivity contribution in [1.29, 1.82) is 0 Å². The Bertz CT molecular complexity index is 1240. The largest absolute Gasteiger partial charge is 0.496 e. The lowest BCUT2D eigenvalue weighted by atomic mass is 10.1. The smallest absolute Gasteiger partial charge is 0.294 e. The SMILES string of the molecule is COc1ccccc1/C=N\NC(=O)c1nnn(-c2nonc2N)c1-c1ccc(C)cc1. The lowest BCUT2D eigenvalue weighted by molar-refractivity contribution is 0.0950. The van der Waals surface area contributed by atoms with Crippen molar-refractivity contribution in [3.8, 4) is 22.8 Å². The van der Waals surface area contributed by atoms with Gasteiger partial charge in [-0.2, -0.15) is 9.78 Å². The summed E-state index contributed by atoms with van der Waals surface area (Å²) in [6.07, 6.45) is 1.48. The van der Waals surface area contributed by atoms with Gasteiger partial charge < -0.3 is 10.5 Å². The summed E-state index contributed by atoms with van der Waals surface area (Å²) in [6, 6.07) is 14.8. The van der Waals surface area contributed by atoms with Crippen molar-refractivity contribution in [2.45, 2.75) is 6.92 Å². The Morgan fingerprint density at radius 3 is 2.68 bits per heavy atom. The van der Waals surface area contributed by atoms with Gasteiger partial charge in [0.2, 0.25) is 11.6 Å². The van der Waals surface area contributed by atoms with Gasteiger partial charge in [0, 0.05) is 11.1 Å². The van der Waals surface area contributed by atoms with E-state index in [1.807, 2.05) is 49.4 Å². The zero-order valence-corrected chi connectivity index (χ0v) is 16.7. The third-order valence-corrected chi connectivity index (χ3v) is 4.42. The summed E-state index contributed by atoms with van der Waals surface area (Å²) in [5.41, 5.74) is 11.1. The average Bonchev–Trinajstić information content (AvgIpc) is 3.40. The molecule has 11 heteroatoms. The maximum atomic E-state index is 12.9. The van der Waals surface area contributed by atoms with Crippen molar-refractivity contribution in [2.24, 2.45) is 5.10 Å². The fourth-order valence-electron chi connectivity index (χ4n) is 2.88. The summed E-state index contributed by atoms with van der Waals surface area (Å²) < 4.78 is 11.2. The van der Waals surface area contributed by atoms with Gasteiger partial charge in [0.25, 0.3) is 5.91 Å². The van der Waals surface area contributed by atoms with Crippen molar-refractivity contribution < 1.29 is 14.2 Å². The van der Waals surface area contributed by atoms with Crippen molar-refractivity contribution in [1.82, 2.24) is 30.7 Å². The van der Waals surface area contributed by atoms with Crippen LogP contribution in [-0.4, -0.2) is 44.5 Å². The Kier molecular flexibility index (Phi) is 5.39. The molecule has 0 fully saturated rings. The topological polar surface area (TPSA) is 146 Å². The Morgan fingerprint density at radius 2 is 1.97 bits per heavy atom. The van der Waals surface area contributed by atoms with Crippen LogP contribution in [0, 0.1) is 6.92 Å². The molecule has 0 spiro atoms. The maximum absolute atomic E-state index is 12.9. The standard InChI is InChI=1S/C20H18N8O3/c1-12-7-9-13(10-8-12)17-16(23-27-28(17)19-18(21)25-31-26-19)20(29)24-22-11-14-5-3-4-6-15(14)30-2/h3-11H,1-2H3,(H2,21,25)(H,24,29)/b22-11-. The minimum atomic E-state index is -0.567. The number of para-hydroxylation sites is 1. The van der Waals surface area contributed by atoms with Crippen molar-refractivity contribution in [2.75, 3.05) is 12.8 Å². The number of methoxy groups -OCH3 is 1. The number of anilines is 1. The van der Waals surface area contributed by atoms with Crippen molar-refractivity contribution in [3.63, 3.8) is 0 Å². The number of aryl methyl sites for hydroxylation is 1. The van der Waals surface area contributed by atoms with E-state index in [1.54, 1.807) is 13.2 Å². The Balaban J connectivity index is 1.68. The molecule has 4 aromatic rings. The van der Waals surface area contributed by atoms with E-state index in [1.165, 1.54) is 10.9 Å². The first-order chi connectivity index (χ1) is 15.1. The molecule has 11 nitrogen and oxygen atoms in total. The number of nitrogens with zero attached hydrogens (tertiary/aromatic N) is 6. The number of nitrogens with two attached hydrogens (primary N) is 1. The summed E-state index contributed by atoms with van der Waals surface area (Å²) in [4.78, 5) is 12.9. The first kappa shape index (κ1) is 19.8. The summed E-state index contributed by atoms with van der Waals surface area (Å²) >= 11 is 0. The van der Waals surface area contributed by atoms with E-state index in [-0.39, 0.29) is 17.3 Å². The molecule has 4 rings (SSSR count). The van der Waals surface area contributed by atoms with Crippen LogP contribution in [0.3, 0.4) is 0 Å². The van der Waals surface area contributed by atoms with Crippen LogP contribution in [0.4, 0.5) is 5.82 Å². The van der Waals surface area contributed by atoms with Crippen LogP contribution in [0.1, 0.15) is 21.6 Å². The van der Waals surface area contributed by atoms with Crippen LogP contribution in [0.2, 0.25) is 0 Å². The zero-order chi connectivity index (χ0) is 21.8. The van der Waals surface area contributed by atoms with Crippen LogP contribution in [0.25, 0.3) is 17.1 Å². The molecule has 0 atom stereocenters. The number of hydrazone groups is 1. The molecule has 0 aliphatic rings.